The molecule has 0 bridgehead atoms. The zero-order valence-electron chi connectivity index (χ0n) is 9.46. The molecule has 0 aliphatic carbocycles. The van der Waals surface area contributed by atoms with Gasteiger partial charge in [0.05, 0.1) is 0 Å². The number of hydroxylamine groups is 1. The van der Waals surface area contributed by atoms with Gasteiger partial charge in [0.25, 0.3) is 0 Å². The van der Waals surface area contributed by atoms with Crippen LogP contribution in [-0.2, 0) is 0 Å². The van der Waals surface area contributed by atoms with E-state index < -0.39 is 5.06 Å². The fourth-order valence-corrected chi connectivity index (χ4v) is 1.92. The van der Waals surface area contributed by atoms with Gasteiger partial charge in [0.1, 0.15) is 0 Å². The Morgan fingerprint density at radius 1 is 0.944 bits per heavy atom. The van der Waals surface area contributed by atoms with Crippen LogP contribution in [0.5, 0.6) is 5.75 Å². The SMILES string of the molecule is [O-][NH+]1C(O)=C(c2ccccc2)Oc2ccccc21. The predicted octanol–water partition coefficient (Wildman–Crippen LogP) is 1.98. The Morgan fingerprint density at radius 2 is 1.61 bits per heavy atom. The maximum Gasteiger partial charge on any atom is 0.337 e. The van der Waals surface area contributed by atoms with Gasteiger partial charge in [-0.05, 0) is 6.07 Å². The summed E-state index contributed by atoms with van der Waals surface area (Å²) in [4.78, 5) is 0. The molecule has 18 heavy (non-hydrogen) atoms. The maximum absolute atomic E-state index is 12.0. The number of nitrogens with one attached hydrogen (secondary N) is 1. The zero-order valence-corrected chi connectivity index (χ0v) is 9.46. The number of fused-ring (bicyclic) bond motifs is 1. The summed E-state index contributed by atoms with van der Waals surface area (Å²) < 4.78 is 5.61. The second-order valence-corrected chi connectivity index (χ2v) is 3.97. The Hall–Kier alpha value is -2.30. The Bertz CT molecular complexity index is 607. The molecule has 0 saturated heterocycles. The van der Waals surface area contributed by atoms with Crippen molar-refractivity contribution in [3.05, 3.63) is 71.3 Å². The van der Waals surface area contributed by atoms with Crippen molar-refractivity contribution in [3.8, 4) is 5.75 Å². The first-order chi connectivity index (χ1) is 8.77. The first kappa shape index (κ1) is 10.8. The van der Waals surface area contributed by atoms with Gasteiger partial charge in [0.15, 0.2) is 11.4 Å². The average Bonchev–Trinajstić information content (AvgIpc) is 2.44. The molecule has 90 valence electrons. The quantitative estimate of drug-likeness (QED) is 0.750. The van der Waals surface area contributed by atoms with E-state index in [1.165, 1.54) is 0 Å². The highest BCUT2D eigenvalue weighted by Gasteiger charge is 2.28. The topological polar surface area (TPSA) is 57.0 Å². The van der Waals surface area contributed by atoms with E-state index in [2.05, 4.69) is 0 Å². The third kappa shape index (κ3) is 1.64. The molecule has 1 aliphatic rings. The molecular formula is C14H11NO3. The van der Waals surface area contributed by atoms with Crippen LogP contribution in [0.25, 0.3) is 5.76 Å². The Balaban J connectivity index is 2.11. The number of rotatable bonds is 1. The van der Waals surface area contributed by atoms with Crippen LogP contribution in [0.15, 0.2) is 60.5 Å². The number of aliphatic hydroxyl groups excluding tert-OH is 1. The molecule has 3 rings (SSSR count). The van der Waals surface area contributed by atoms with E-state index in [9.17, 15) is 10.3 Å². The standard InChI is InChI=1S/C14H11NO3/c16-14-13(10-6-2-1-3-7-10)18-12-9-5-4-8-11(12)15(14)17/h1-9,15-16H. The number of hydrogen-bond donors (Lipinski definition) is 2. The lowest BCUT2D eigenvalue weighted by Crippen LogP contribution is -3.01. The molecule has 0 fully saturated rings. The molecule has 0 spiro atoms. The molecule has 1 aliphatic heterocycles. The highest BCUT2D eigenvalue weighted by Crippen LogP contribution is 2.30. The van der Waals surface area contributed by atoms with Crippen LogP contribution < -0.4 is 9.80 Å². The monoisotopic (exact) mass is 241 g/mol. The summed E-state index contributed by atoms with van der Waals surface area (Å²) in [5.41, 5.74) is 1.06. The lowest BCUT2D eigenvalue weighted by Gasteiger charge is -2.28. The molecule has 4 heteroatoms. The molecule has 1 unspecified atom stereocenters. The molecule has 2 aromatic carbocycles. The van der Waals surface area contributed by atoms with Crippen molar-refractivity contribution < 1.29 is 14.9 Å². The van der Waals surface area contributed by atoms with E-state index in [1.54, 1.807) is 36.4 Å². The van der Waals surface area contributed by atoms with Crippen molar-refractivity contribution in [2.24, 2.45) is 0 Å². The summed E-state index contributed by atoms with van der Waals surface area (Å²) in [7, 11) is 0. The molecule has 0 amide bonds. The normalized spacial score (nSPS) is 18.2. The minimum Gasteiger partial charge on any atom is -0.621 e. The molecule has 0 radical (unpaired) electrons. The van der Waals surface area contributed by atoms with Gasteiger partial charge < -0.3 is 15.1 Å². The molecular weight excluding hydrogens is 230 g/mol. The van der Waals surface area contributed by atoms with Crippen LogP contribution in [0.1, 0.15) is 5.56 Å². The highest BCUT2D eigenvalue weighted by atomic mass is 16.6. The third-order valence-corrected chi connectivity index (χ3v) is 2.81. The van der Waals surface area contributed by atoms with Gasteiger partial charge in [-0.2, -0.15) is 0 Å². The molecule has 1 heterocycles. The molecule has 2 N–H and O–H groups in total. The van der Waals surface area contributed by atoms with Gasteiger partial charge >= 0.3 is 5.88 Å². The minimum absolute atomic E-state index is 0.208. The summed E-state index contributed by atoms with van der Waals surface area (Å²) in [6, 6.07) is 15.9. The van der Waals surface area contributed by atoms with Crippen molar-refractivity contribution in [2.45, 2.75) is 0 Å². The van der Waals surface area contributed by atoms with Gasteiger partial charge in [0, 0.05) is 11.6 Å². The lowest BCUT2D eigenvalue weighted by atomic mass is 10.1. The second-order valence-electron chi connectivity index (χ2n) is 3.97. The van der Waals surface area contributed by atoms with Crippen molar-refractivity contribution in [3.63, 3.8) is 0 Å². The largest absolute Gasteiger partial charge is 0.621 e. The smallest absolute Gasteiger partial charge is 0.337 e. The number of quaternary nitrogens is 1. The molecule has 4 nitrogen and oxygen atoms in total. The fraction of sp³-hybridized carbons (Fsp3) is 0. The number of benzene rings is 2. The summed E-state index contributed by atoms with van der Waals surface area (Å²) >= 11 is 0. The average molecular weight is 241 g/mol. The van der Waals surface area contributed by atoms with Crippen LogP contribution in [0.3, 0.4) is 0 Å². The molecule has 0 saturated carbocycles. The van der Waals surface area contributed by atoms with E-state index >= 15 is 0 Å². The maximum atomic E-state index is 12.0. The summed E-state index contributed by atoms with van der Waals surface area (Å²) in [6.45, 7) is 0. The van der Waals surface area contributed by atoms with E-state index in [4.69, 9.17) is 4.74 Å². The van der Waals surface area contributed by atoms with Crippen molar-refractivity contribution in [2.75, 3.05) is 0 Å². The summed E-state index contributed by atoms with van der Waals surface area (Å²) in [5.74, 6) is 0.332. The van der Waals surface area contributed by atoms with Crippen molar-refractivity contribution in [1.82, 2.24) is 0 Å². The molecule has 1 atom stereocenters. The minimum atomic E-state index is -0.407. The summed E-state index contributed by atoms with van der Waals surface area (Å²) in [6.07, 6.45) is 0. The zero-order chi connectivity index (χ0) is 12.5. The third-order valence-electron chi connectivity index (χ3n) is 2.81. The van der Waals surface area contributed by atoms with Gasteiger partial charge in [-0.15, -0.1) is 0 Å². The van der Waals surface area contributed by atoms with Crippen molar-refractivity contribution >= 4 is 11.4 Å². The Labute approximate surface area is 104 Å². The van der Waals surface area contributed by atoms with Crippen LogP contribution >= 0.6 is 0 Å². The number of aliphatic hydroxyl groups is 1. The van der Waals surface area contributed by atoms with Gasteiger partial charge in [-0.3, -0.25) is 5.06 Å². The van der Waals surface area contributed by atoms with E-state index in [0.29, 0.717) is 17.0 Å². The van der Waals surface area contributed by atoms with E-state index in [-0.39, 0.29) is 11.6 Å². The number of para-hydroxylation sites is 2. The van der Waals surface area contributed by atoms with Crippen molar-refractivity contribution in [1.29, 1.82) is 0 Å². The highest BCUT2D eigenvalue weighted by molar-refractivity contribution is 5.66. The molecule has 0 aromatic heterocycles. The van der Waals surface area contributed by atoms with Crippen LogP contribution in [0, 0.1) is 5.21 Å². The van der Waals surface area contributed by atoms with Gasteiger partial charge in [0.2, 0.25) is 5.76 Å². The lowest BCUT2D eigenvalue weighted by molar-refractivity contribution is -0.752. The Morgan fingerprint density at radius 3 is 2.39 bits per heavy atom. The summed E-state index contributed by atoms with van der Waals surface area (Å²) in [5, 5.41) is 21.5. The Kier molecular flexibility index (Phi) is 2.51. The first-order valence-electron chi connectivity index (χ1n) is 5.57. The molecule has 2 aromatic rings. The predicted molar refractivity (Wildman–Crippen MR) is 67.1 cm³/mol. The van der Waals surface area contributed by atoms with E-state index in [0.717, 1.165) is 0 Å². The van der Waals surface area contributed by atoms with Gasteiger partial charge in [-0.1, -0.05) is 42.5 Å². The van der Waals surface area contributed by atoms with Crippen LogP contribution in [0.2, 0.25) is 0 Å². The van der Waals surface area contributed by atoms with E-state index in [1.807, 2.05) is 18.2 Å². The fourth-order valence-electron chi connectivity index (χ4n) is 1.92. The van der Waals surface area contributed by atoms with Crippen LogP contribution in [-0.4, -0.2) is 5.11 Å². The number of hydrogen-bond acceptors (Lipinski definition) is 3. The second kappa shape index (κ2) is 4.18. The van der Waals surface area contributed by atoms with Gasteiger partial charge in [-0.25, -0.2) is 0 Å². The van der Waals surface area contributed by atoms with Crippen LogP contribution in [0.4, 0.5) is 5.69 Å². The number of ether oxygens (including phenoxy) is 1. The first-order valence-corrected chi connectivity index (χ1v) is 5.57.